The Morgan fingerprint density at radius 3 is 2.44 bits per heavy atom. The van der Waals surface area contributed by atoms with Gasteiger partial charge < -0.3 is 19.9 Å². The van der Waals surface area contributed by atoms with Crippen molar-refractivity contribution >= 4 is 29.7 Å². The zero-order valence-corrected chi connectivity index (χ0v) is 20.5. The fraction of sp³-hybridized carbons (Fsp3) is 0.440. The van der Waals surface area contributed by atoms with Gasteiger partial charge in [-0.2, -0.15) is 13.2 Å². The van der Waals surface area contributed by atoms with Crippen LogP contribution in [0.4, 0.5) is 23.2 Å². The van der Waals surface area contributed by atoms with E-state index in [1.54, 1.807) is 7.05 Å². The Bertz CT molecular complexity index is 1180. The summed E-state index contributed by atoms with van der Waals surface area (Å²) in [6.45, 7) is 3.69. The lowest BCUT2D eigenvalue weighted by atomic mass is 9.87. The Balaban J connectivity index is 1.81. The summed E-state index contributed by atoms with van der Waals surface area (Å²) in [5.74, 6) is 0.366. The van der Waals surface area contributed by atoms with E-state index in [4.69, 9.17) is 4.74 Å². The molecule has 0 saturated carbocycles. The molecule has 2 fully saturated rings. The standard InChI is InChI=1S/C25H26F4N4O2S/c1-30-23(32-8-6-31-7-9-32)18-10-19(25(27,28)29)20(16-2-4-17(26)5-3-16)22-21(18)33(15-34)11-24(14-36-22)12-35-13-24/h2-5,10,15,31H,6-9,11-14H2,1H3. The Labute approximate surface area is 210 Å². The first-order valence-electron chi connectivity index (χ1n) is 11.7. The fourth-order valence-electron chi connectivity index (χ4n) is 5.05. The van der Waals surface area contributed by atoms with Gasteiger partial charge in [0, 0.05) is 67.0 Å². The molecule has 1 amide bonds. The molecule has 2 aromatic carbocycles. The van der Waals surface area contributed by atoms with Gasteiger partial charge >= 0.3 is 6.18 Å². The van der Waals surface area contributed by atoms with E-state index < -0.39 is 17.6 Å². The normalized spacial score (nSPS) is 20.1. The minimum absolute atomic E-state index is 0.0499. The Hall–Kier alpha value is -2.63. The molecular formula is C25H26F4N4O2S. The van der Waals surface area contributed by atoms with Crippen molar-refractivity contribution in [2.45, 2.75) is 11.1 Å². The molecule has 0 bridgehead atoms. The molecule has 3 aliphatic heterocycles. The van der Waals surface area contributed by atoms with Gasteiger partial charge in [0.1, 0.15) is 11.7 Å². The number of halogens is 4. The number of fused-ring (bicyclic) bond motifs is 1. The van der Waals surface area contributed by atoms with Crippen molar-refractivity contribution < 1.29 is 27.1 Å². The van der Waals surface area contributed by atoms with Gasteiger partial charge in [-0.1, -0.05) is 12.1 Å². The average Bonchev–Trinajstić information content (AvgIpc) is 3.03. The largest absolute Gasteiger partial charge is 0.417 e. The molecule has 6 nitrogen and oxygen atoms in total. The van der Waals surface area contributed by atoms with Crippen LogP contribution in [0.5, 0.6) is 0 Å². The quantitative estimate of drug-likeness (QED) is 0.287. The second-order valence-electron chi connectivity index (χ2n) is 9.33. The number of nitrogens with one attached hydrogen (secondary N) is 1. The first-order valence-corrected chi connectivity index (χ1v) is 12.6. The molecule has 3 aliphatic rings. The van der Waals surface area contributed by atoms with Crippen LogP contribution in [0.15, 0.2) is 40.2 Å². The minimum atomic E-state index is -4.69. The third-order valence-corrected chi connectivity index (χ3v) is 8.27. The number of nitrogens with zero attached hydrogens (tertiary/aromatic N) is 3. The van der Waals surface area contributed by atoms with Crippen molar-refractivity contribution in [2.75, 3.05) is 63.6 Å². The summed E-state index contributed by atoms with van der Waals surface area (Å²) in [4.78, 5) is 20.7. The van der Waals surface area contributed by atoms with Gasteiger partial charge in [-0.05, 0) is 23.8 Å². The van der Waals surface area contributed by atoms with E-state index in [-0.39, 0.29) is 22.1 Å². The number of piperazine rings is 1. The van der Waals surface area contributed by atoms with Gasteiger partial charge in [0.25, 0.3) is 0 Å². The number of alkyl halides is 3. The van der Waals surface area contributed by atoms with Crippen LogP contribution >= 0.6 is 11.8 Å². The number of hydrogen-bond donors (Lipinski definition) is 1. The molecule has 0 aromatic heterocycles. The summed E-state index contributed by atoms with van der Waals surface area (Å²) in [7, 11) is 1.56. The molecule has 0 radical (unpaired) electrons. The zero-order valence-electron chi connectivity index (χ0n) is 19.7. The monoisotopic (exact) mass is 522 g/mol. The summed E-state index contributed by atoms with van der Waals surface area (Å²) >= 11 is 1.30. The highest BCUT2D eigenvalue weighted by molar-refractivity contribution is 7.99. The molecule has 192 valence electrons. The highest BCUT2D eigenvalue weighted by atomic mass is 32.2. The van der Waals surface area contributed by atoms with E-state index >= 15 is 0 Å². The molecule has 36 heavy (non-hydrogen) atoms. The van der Waals surface area contributed by atoms with Gasteiger partial charge in [0.05, 0.1) is 24.5 Å². The third kappa shape index (κ3) is 4.48. The van der Waals surface area contributed by atoms with Crippen molar-refractivity contribution in [3.8, 4) is 11.1 Å². The van der Waals surface area contributed by atoms with Crippen LogP contribution in [0.3, 0.4) is 0 Å². The molecule has 2 aromatic rings. The van der Waals surface area contributed by atoms with Crippen molar-refractivity contribution in [1.29, 1.82) is 0 Å². The smallest absolute Gasteiger partial charge is 0.380 e. The summed E-state index contributed by atoms with van der Waals surface area (Å²) in [6, 6.07) is 6.10. The van der Waals surface area contributed by atoms with E-state index in [0.717, 1.165) is 18.2 Å². The molecule has 0 unspecified atom stereocenters. The molecule has 0 atom stereocenters. The maximum absolute atomic E-state index is 14.6. The number of rotatable bonds is 3. The first kappa shape index (κ1) is 25.0. The number of amidine groups is 1. The fourth-order valence-corrected chi connectivity index (χ4v) is 6.49. The molecule has 11 heteroatoms. The van der Waals surface area contributed by atoms with E-state index in [9.17, 15) is 22.4 Å². The van der Waals surface area contributed by atoms with Crippen LogP contribution in [0.2, 0.25) is 0 Å². The van der Waals surface area contributed by atoms with Crippen LogP contribution in [0.25, 0.3) is 11.1 Å². The summed E-state index contributed by atoms with van der Waals surface area (Å²) in [6.07, 6.45) is -4.01. The van der Waals surface area contributed by atoms with Crippen LogP contribution in [0, 0.1) is 11.2 Å². The van der Waals surface area contributed by atoms with Crippen LogP contribution in [0.1, 0.15) is 11.1 Å². The number of carbonyl (C=O) groups is 1. The van der Waals surface area contributed by atoms with Crippen molar-refractivity contribution in [1.82, 2.24) is 10.2 Å². The number of benzene rings is 2. The summed E-state index contributed by atoms with van der Waals surface area (Å²) in [5.41, 5.74) is -0.319. The number of anilines is 1. The predicted octanol–water partition coefficient (Wildman–Crippen LogP) is 3.88. The molecule has 2 saturated heterocycles. The minimum Gasteiger partial charge on any atom is -0.380 e. The second kappa shape index (κ2) is 9.68. The molecule has 5 rings (SSSR count). The molecule has 3 heterocycles. The number of ether oxygens (including phenoxy) is 1. The lowest BCUT2D eigenvalue weighted by Crippen LogP contribution is -2.52. The number of carbonyl (C=O) groups excluding carboxylic acids is 1. The van der Waals surface area contributed by atoms with Gasteiger partial charge in [0.15, 0.2) is 0 Å². The lowest BCUT2D eigenvalue weighted by Gasteiger charge is -2.42. The van der Waals surface area contributed by atoms with Crippen LogP contribution in [-0.2, 0) is 15.7 Å². The highest BCUT2D eigenvalue weighted by Crippen LogP contribution is 2.52. The number of thioether (sulfide) groups is 1. The lowest BCUT2D eigenvalue weighted by molar-refractivity contribution is -0.137. The zero-order chi connectivity index (χ0) is 25.5. The maximum atomic E-state index is 14.6. The molecule has 1 N–H and O–H groups in total. The van der Waals surface area contributed by atoms with Crippen molar-refractivity contribution in [3.05, 3.63) is 47.3 Å². The van der Waals surface area contributed by atoms with Crippen LogP contribution < -0.4 is 10.2 Å². The van der Waals surface area contributed by atoms with Gasteiger partial charge in [-0.3, -0.25) is 9.79 Å². The van der Waals surface area contributed by atoms with E-state index in [1.165, 1.54) is 28.8 Å². The van der Waals surface area contributed by atoms with E-state index in [1.807, 2.05) is 4.90 Å². The summed E-state index contributed by atoms with van der Waals surface area (Å²) in [5, 5.41) is 3.24. The van der Waals surface area contributed by atoms with E-state index in [0.29, 0.717) is 74.5 Å². The first-order chi connectivity index (χ1) is 17.3. The molecule has 1 spiro atoms. The van der Waals surface area contributed by atoms with Crippen molar-refractivity contribution in [3.63, 3.8) is 0 Å². The second-order valence-corrected chi connectivity index (χ2v) is 10.3. The topological polar surface area (TPSA) is 57.2 Å². The average molecular weight is 523 g/mol. The molecular weight excluding hydrogens is 496 g/mol. The van der Waals surface area contributed by atoms with Gasteiger partial charge in [0.2, 0.25) is 6.41 Å². The Morgan fingerprint density at radius 2 is 1.89 bits per heavy atom. The van der Waals surface area contributed by atoms with Gasteiger partial charge in [-0.25, -0.2) is 4.39 Å². The SMILES string of the molecule is CN=C(c1cc(C(F)(F)F)c(-c2ccc(F)cc2)c2c1N(C=O)CC1(COC1)CS2)N1CCNCC1. The number of hydrogen-bond acceptors (Lipinski definition) is 5. The van der Waals surface area contributed by atoms with Crippen molar-refractivity contribution in [2.24, 2.45) is 10.4 Å². The predicted molar refractivity (Wildman–Crippen MR) is 131 cm³/mol. The maximum Gasteiger partial charge on any atom is 0.417 e. The third-order valence-electron chi connectivity index (χ3n) is 6.82. The highest BCUT2D eigenvalue weighted by Gasteiger charge is 2.46. The molecule has 0 aliphatic carbocycles. The van der Waals surface area contributed by atoms with Crippen LogP contribution in [-0.4, -0.2) is 75.9 Å². The van der Waals surface area contributed by atoms with Gasteiger partial charge in [-0.15, -0.1) is 11.8 Å². The Morgan fingerprint density at radius 1 is 1.19 bits per heavy atom. The number of amides is 1. The Kier molecular flexibility index (Phi) is 6.73. The van der Waals surface area contributed by atoms with E-state index in [2.05, 4.69) is 10.3 Å². The summed E-state index contributed by atoms with van der Waals surface area (Å²) < 4.78 is 63.1. The number of aliphatic imine (C=N–C) groups is 1.